The minimum atomic E-state index is 0.134. The number of piperidine rings is 1. The van der Waals surface area contributed by atoms with E-state index in [-0.39, 0.29) is 5.41 Å². The molecule has 1 aliphatic rings. The Hall–Kier alpha value is -3.81. The monoisotopic (exact) mass is 555 g/mol. The van der Waals surface area contributed by atoms with Crippen LogP contribution >= 0.6 is 0 Å². The zero-order chi connectivity index (χ0) is 28.8. The Balaban J connectivity index is 1.23. The number of methoxy groups -OCH3 is 2. The van der Waals surface area contributed by atoms with Gasteiger partial charge in [-0.3, -0.25) is 9.88 Å². The Morgan fingerprint density at radius 3 is 2.17 bits per heavy atom. The second-order valence-electron chi connectivity index (χ2n) is 11.5. The largest absolute Gasteiger partial charge is 0.493 e. The molecule has 3 aromatic carbocycles. The number of nitrogens with zero attached hydrogens (tertiary/aromatic N) is 2. The van der Waals surface area contributed by atoms with Crippen molar-refractivity contribution in [3.8, 4) is 23.0 Å². The van der Waals surface area contributed by atoms with Gasteiger partial charge in [-0.25, -0.2) is 0 Å². The van der Waals surface area contributed by atoms with Crippen LogP contribution in [0.3, 0.4) is 0 Å². The summed E-state index contributed by atoms with van der Waals surface area (Å²) in [7, 11) is 3.45. The zero-order valence-corrected chi connectivity index (χ0v) is 24.8. The highest BCUT2D eigenvalue weighted by molar-refractivity contribution is 5.88. The van der Waals surface area contributed by atoms with Gasteiger partial charge >= 0.3 is 0 Å². The molecule has 7 heteroatoms. The van der Waals surface area contributed by atoms with Gasteiger partial charge in [0.15, 0.2) is 11.5 Å². The van der Waals surface area contributed by atoms with Crippen molar-refractivity contribution in [2.75, 3.05) is 45.8 Å². The van der Waals surface area contributed by atoms with E-state index in [0.717, 1.165) is 60.5 Å². The molecule has 4 aromatic rings. The van der Waals surface area contributed by atoms with Gasteiger partial charge in [0, 0.05) is 55.8 Å². The van der Waals surface area contributed by atoms with Crippen LogP contribution < -0.4 is 19.5 Å². The molecule has 0 amide bonds. The van der Waals surface area contributed by atoms with Crippen LogP contribution in [0.1, 0.15) is 39.2 Å². The quantitative estimate of drug-likeness (QED) is 0.217. The molecule has 216 valence electrons. The highest BCUT2D eigenvalue weighted by atomic mass is 16.5. The minimum Gasteiger partial charge on any atom is -0.493 e. The molecule has 41 heavy (non-hydrogen) atoms. The fourth-order valence-corrected chi connectivity index (χ4v) is 5.10. The molecule has 0 saturated carbocycles. The van der Waals surface area contributed by atoms with Gasteiger partial charge in [0.2, 0.25) is 0 Å². The topological polar surface area (TPSA) is 65.1 Å². The van der Waals surface area contributed by atoms with E-state index in [4.69, 9.17) is 18.9 Å². The Morgan fingerprint density at radius 2 is 1.54 bits per heavy atom. The normalized spacial score (nSPS) is 14.7. The first-order valence-electron chi connectivity index (χ1n) is 14.3. The van der Waals surface area contributed by atoms with E-state index in [2.05, 4.69) is 60.2 Å². The van der Waals surface area contributed by atoms with Gasteiger partial charge in [-0.15, -0.1) is 0 Å². The lowest BCUT2D eigenvalue weighted by Crippen LogP contribution is -2.38. The van der Waals surface area contributed by atoms with Crippen molar-refractivity contribution in [2.45, 2.75) is 45.1 Å². The first-order chi connectivity index (χ1) is 19.8. The lowest BCUT2D eigenvalue weighted by molar-refractivity contribution is 0.0374. The van der Waals surface area contributed by atoms with Crippen molar-refractivity contribution >= 4 is 22.3 Å². The number of anilines is 2. The third-order valence-corrected chi connectivity index (χ3v) is 7.64. The van der Waals surface area contributed by atoms with Crippen LogP contribution in [0.5, 0.6) is 23.0 Å². The van der Waals surface area contributed by atoms with Crippen molar-refractivity contribution < 1.29 is 18.9 Å². The van der Waals surface area contributed by atoms with Crippen LogP contribution in [0.2, 0.25) is 0 Å². The third kappa shape index (κ3) is 7.29. The van der Waals surface area contributed by atoms with Crippen LogP contribution in [-0.2, 0) is 10.2 Å². The van der Waals surface area contributed by atoms with Gasteiger partial charge in [0.1, 0.15) is 18.1 Å². The van der Waals surface area contributed by atoms with Crippen molar-refractivity contribution in [3.63, 3.8) is 0 Å². The number of rotatable bonds is 10. The number of pyridine rings is 1. The number of nitrogens with one attached hydrogen (secondary N) is 1. The third-order valence-electron chi connectivity index (χ3n) is 7.64. The van der Waals surface area contributed by atoms with Crippen LogP contribution in [0.4, 0.5) is 11.4 Å². The summed E-state index contributed by atoms with van der Waals surface area (Å²) < 4.78 is 23.6. The first-order valence-corrected chi connectivity index (χ1v) is 14.3. The molecule has 0 aliphatic carbocycles. The second kappa shape index (κ2) is 12.8. The van der Waals surface area contributed by atoms with Crippen LogP contribution in [-0.4, -0.2) is 56.4 Å². The van der Waals surface area contributed by atoms with Gasteiger partial charge < -0.3 is 24.3 Å². The number of benzene rings is 3. The number of fused-ring (bicyclic) bond motifs is 1. The summed E-state index contributed by atoms with van der Waals surface area (Å²) in [6, 6.07) is 22.3. The molecule has 5 rings (SSSR count). The Bertz CT molecular complexity index is 1420. The molecular formula is C34H41N3O4. The standard InChI is InChI=1S/C34H41N3O4/c1-34(2,3)24-6-8-25(9-7-24)36-26-10-12-28(13-11-26)41-31-14-17-35-30-23-33(32(39-5)22-29(30)31)40-21-20-37-18-15-27(38-4)16-19-37/h6-14,17,22-23,27,36H,15-16,18-21H2,1-5H3. The van der Waals surface area contributed by atoms with E-state index in [9.17, 15) is 0 Å². The van der Waals surface area contributed by atoms with Crippen molar-refractivity contribution in [1.82, 2.24) is 9.88 Å². The summed E-state index contributed by atoms with van der Waals surface area (Å²) in [5, 5.41) is 4.32. The lowest BCUT2D eigenvalue weighted by Gasteiger charge is -2.31. The SMILES string of the molecule is COc1cc2c(Oc3ccc(Nc4ccc(C(C)(C)C)cc4)cc3)ccnc2cc1OCCN1CCC(OC)CC1. The van der Waals surface area contributed by atoms with Crippen molar-refractivity contribution in [2.24, 2.45) is 0 Å². The summed E-state index contributed by atoms with van der Waals surface area (Å²) in [5.74, 6) is 2.79. The molecule has 1 aromatic heterocycles. The Labute approximate surface area is 243 Å². The van der Waals surface area contributed by atoms with Gasteiger partial charge in [-0.1, -0.05) is 32.9 Å². The molecule has 0 bridgehead atoms. The minimum absolute atomic E-state index is 0.134. The predicted molar refractivity (Wildman–Crippen MR) is 165 cm³/mol. The smallest absolute Gasteiger partial charge is 0.163 e. The predicted octanol–water partition coefficient (Wildman–Crippen LogP) is 7.57. The van der Waals surface area contributed by atoms with E-state index in [0.29, 0.717) is 30.0 Å². The highest BCUT2D eigenvalue weighted by Crippen LogP contribution is 2.37. The number of likely N-dealkylation sites (tertiary alicyclic amines) is 1. The summed E-state index contributed by atoms with van der Waals surface area (Å²) in [6.07, 6.45) is 4.26. The number of hydrogen-bond donors (Lipinski definition) is 1. The van der Waals surface area contributed by atoms with E-state index >= 15 is 0 Å². The maximum absolute atomic E-state index is 6.29. The summed E-state index contributed by atoms with van der Waals surface area (Å²) in [4.78, 5) is 6.98. The molecule has 2 heterocycles. The molecule has 0 radical (unpaired) electrons. The van der Waals surface area contributed by atoms with E-state index in [1.807, 2.05) is 42.5 Å². The second-order valence-corrected chi connectivity index (χ2v) is 11.5. The van der Waals surface area contributed by atoms with E-state index in [1.165, 1.54) is 5.56 Å². The van der Waals surface area contributed by atoms with Gasteiger partial charge in [0.05, 0.1) is 18.7 Å². The average molecular weight is 556 g/mol. The van der Waals surface area contributed by atoms with E-state index < -0.39 is 0 Å². The van der Waals surface area contributed by atoms with Gasteiger partial charge in [0.25, 0.3) is 0 Å². The molecule has 1 fully saturated rings. The highest BCUT2D eigenvalue weighted by Gasteiger charge is 2.19. The molecule has 1 saturated heterocycles. The molecule has 1 aliphatic heterocycles. The molecule has 0 atom stereocenters. The molecule has 0 spiro atoms. The lowest BCUT2D eigenvalue weighted by atomic mass is 9.87. The molecule has 1 N–H and O–H groups in total. The van der Waals surface area contributed by atoms with Crippen molar-refractivity contribution in [3.05, 3.63) is 78.5 Å². The average Bonchev–Trinajstić information content (AvgIpc) is 2.98. The fourth-order valence-electron chi connectivity index (χ4n) is 5.10. The van der Waals surface area contributed by atoms with Crippen LogP contribution in [0, 0.1) is 0 Å². The molecule has 7 nitrogen and oxygen atoms in total. The van der Waals surface area contributed by atoms with Crippen LogP contribution in [0.25, 0.3) is 10.9 Å². The summed E-state index contributed by atoms with van der Waals surface area (Å²) >= 11 is 0. The Morgan fingerprint density at radius 1 is 0.854 bits per heavy atom. The van der Waals surface area contributed by atoms with Gasteiger partial charge in [-0.2, -0.15) is 0 Å². The van der Waals surface area contributed by atoms with Crippen LogP contribution in [0.15, 0.2) is 72.9 Å². The maximum Gasteiger partial charge on any atom is 0.163 e. The fraction of sp³-hybridized carbons (Fsp3) is 0.382. The number of ether oxygens (including phenoxy) is 4. The maximum atomic E-state index is 6.29. The number of aromatic nitrogens is 1. The first kappa shape index (κ1) is 28.7. The Kier molecular flexibility index (Phi) is 8.96. The van der Waals surface area contributed by atoms with E-state index in [1.54, 1.807) is 20.4 Å². The summed E-state index contributed by atoms with van der Waals surface area (Å²) in [5.41, 5.74) is 4.27. The van der Waals surface area contributed by atoms with Crippen molar-refractivity contribution in [1.29, 1.82) is 0 Å². The van der Waals surface area contributed by atoms with Gasteiger partial charge in [-0.05, 0) is 72.4 Å². The zero-order valence-electron chi connectivity index (χ0n) is 24.8. The molecular weight excluding hydrogens is 514 g/mol. The molecule has 0 unspecified atom stereocenters. The summed E-state index contributed by atoms with van der Waals surface area (Å²) in [6.45, 7) is 10.2. The number of hydrogen-bond acceptors (Lipinski definition) is 7.